The van der Waals surface area contributed by atoms with E-state index in [1.165, 1.54) is 18.3 Å². The van der Waals surface area contributed by atoms with Crippen molar-refractivity contribution in [2.75, 3.05) is 18.9 Å². The van der Waals surface area contributed by atoms with E-state index in [-0.39, 0.29) is 18.2 Å². The third-order valence-electron chi connectivity index (χ3n) is 1.73. The van der Waals surface area contributed by atoms with Gasteiger partial charge in [0.05, 0.1) is 17.1 Å². The number of amides is 1. The van der Waals surface area contributed by atoms with Crippen LogP contribution in [0.2, 0.25) is 0 Å². The van der Waals surface area contributed by atoms with Crippen molar-refractivity contribution in [2.24, 2.45) is 0 Å². The van der Waals surface area contributed by atoms with Gasteiger partial charge in [-0.25, -0.2) is 0 Å². The molecule has 1 aromatic heterocycles. The van der Waals surface area contributed by atoms with Crippen molar-refractivity contribution in [1.29, 1.82) is 0 Å². The van der Waals surface area contributed by atoms with Gasteiger partial charge in [0.25, 0.3) is 0 Å². The number of rotatable bonds is 4. The molecule has 0 spiro atoms. The van der Waals surface area contributed by atoms with Crippen molar-refractivity contribution >= 4 is 28.0 Å². The molecule has 0 atom stereocenters. The van der Waals surface area contributed by atoms with Crippen molar-refractivity contribution in [3.63, 3.8) is 0 Å². The van der Waals surface area contributed by atoms with Crippen LogP contribution in [0.3, 0.4) is 0 Å². The van der Waals surface area contributed by atoms with Crippen LogP contribution in [0.5, 0.6) is 0 Å². The molecule has 2 N–H and O–H groups in total. The zero-order valence-electron chi connectivity index (χ0n) is 8.09. The molecule has 0 bridgehead atoms. The Bertz CT molecular complexity index is 346. The summed E-state index contributed by atoms with van der Waals surface area (Å²) in [4.78, 5) is 22.0. The predicted octanol–water partition coefficient (Wildman–Crippen LogP) is 1.11. The smallest absolute Gasteiger partial charge is 0.239 e. The lowest BCUT2D eigenvalue weighted by molar-refractivity contribution is -0.118. The van der Waals surface area contributed by atoms with Gasteiger partial charge in [-0.2, -0.15) is 0 Å². The van der Waals surface area contributed by atoms with Gasteiger partial charge in [-0.15, -0.1) is 11.3 Å². The first-order chi connectivity index (χ1) is 6.65. The van der Waals surface area contributed by atoms with Crippen LogP contribution in [0.4, 0.5) is 5.00 Å². The van der Waals surface area contributed by atoms with E-state index in [1.807, 2.05) is 5.38 Å². The fourth-order valence-corrected chi connectivity index (χ4v) is 1.81. The molecule has 1 heterocycles. The highest BCUT2D eigenvalue weighted by Crippen LogP contribution is 2.22. The zero-order valence-corrected chi connectivity index (χ0v) is 8.90. The SMILES string of the molecule is CNC(=O)CNc1sccc1C(C)=O. The lowest BCUT2D eigenvalue weighted by atomic mass is 10.2. The predicted molar refractivity (Wildman–Crippen MR) is 56.9 cm³/mol. The molecule has 0 radical (unpaired) electrons. The second-order valence-corrected chi connectivity index (χ2v) is 3.66. The normalized spacial score (nSPS) is 9.57. The summed E-state index contributed by atoms with van der Waals surface area (Å²) in [7, 11) is 1.57. The number of hydrogen-bond acceptors (Lipinski definition) is 4. The molecular formula is C9H12N2O2S. The molecule has 0 aliphatic carbocycles. The van der Waals surface area contributed by atoms with E-state index in [2.05, 4.69) is 10.6 Å². The summed E-state index contributed by atoms with van der Waals surface area (Å²) in [5.74, 6) is -0.0986. The molecule has 5 heteroatoms. The number of carbonyl (C=O) groups excluding carboxylic acids is 2. The van der Waals surface area contributed by atoms with E-state index in [0.29, 0.717) is 5.56 Å². The van der Waals surface area contributed by atoms with Gasteiger partial charge in [0.15, 0.2) is 5.78 Å². The van der Waals surface area contributed by atoms with Gasteiger partial charge >= 0.3 is 0 Å². The second kappa shape index (κ2) is 4.76. The van der Waals surface area contributed by atoms with Gasteiger partial charge in [0.2, 0.25) is 5.91 Å². The van der Waals surface area contributed by atoms with Gasteiger partial charge in [0, 0.05) is 7.05 Å². The fraction of sp³-hybridized carbons (Fsp3) is 0.333. The van der Waals surface area contributed by atoms with Crippen LogP contribution in [0.1, 0.15) is 17.3 Å². The number of nitrogens with one attached hydrogen (secondary N) is 2. The molecule has 0 aliphatic heterocycles. The second-order valence-electron chi connectivity index (χ2n) is 2.75. The Morgan fingerprint density at radius 1 is 1.50 bits per heavy atom. The number of carbonyl (C=O) groups is 2. The van der Waals surface area contributed by atoms with E-state index in [4.69, 9.17) is 0 Å². The quantitative estimate of drug-likeness (QED) is 0.735. The summed E-state index contributed by atoms with van der Waals surface area (Å²) in [5, 5.41) is 7.98. The van der Waals surface area contributed by atoms with E-state index in [1.54, 1.807) is 13.1 Å². The molecule has 1 amide bonds. The summed E-state index contributed by atoms with van der Waals surface area (Å²) in [5.41, 5.74) is 0.638. The monoisotopic (exact) mass is 212 g/mol. The highest BCUT2D eigenvalue weighted by Gasteiger charge is 2.08. The number of Topliss-reactive ketones (excluding diaryl/α,β-unsaturated/α-hetero) is 1. The number of likely N-dealkylation sites (N-methyl/N-ethyl adjacent to an activating group) is 1. The summed E-state index contributed by atoms with van der Waals surface area (Å²) in [6.45, 7) is 1.70. The number of thiophene rings is 1. The summed E-state index contributed by atoms with van der Waals surface area (Å²) in [6, 6.07) is 1.75. The number of ketones is 1. The fourth-order valence-electron chi connectivity index (χ4n) is 0.972. The Kier molecular flexibility index (Phi) is 3.64. The minimum Gasteiger partial charge on any atom is -0.367 e. The van der Waals surface area contributed by atoms with Crippen LogP contribution in [0.15, 0.2) is 11.4 Å². The third kappa shape index (κ3) is 2.56. The van der Waals surface area contributed by atoms with E-state index < -0.39 is 0 Å². The minimum absolute atomic E-state index is 0.00524. The Morgan fingerprint density at radius 3 is 2.79 bits per heavy atom. The first-order valence-electron chi connectivity index (χ1n) is 4.18. The molecule has 1 aromatic rings. The summed E-state index contributed by atoms with van der Waals surface area (Å²) >= 11 is 1.42. The highest BCUT2D eigenvalue weighted by molar-refractivity contribution is 7.14. The van der Waals surface area contributed by atoms with Crippen molar-refractivity contribution in [3.8, 4) is 0 Å². The molecule has 4 nitrogen and oxygen atoms in total. The number of hydrogen-bond donors (Lipinski definition) is 2. The Morgan fingerprint density at radius 2 is 2.21 bits per heavy atom. The molecule has 0 fully saturated rings. The summed E-state index contributed by atoms with van der Waals surface area (Å²) in [6.07, 6.45) is 0. The van der Waals surface area contributed by atoms with Gasteiger partial charge in [-0.3, -0.25) is 9.59 Å². The van der Waals surface area contributed by atoms with Gasteiger partial charge < -0.3 is 10.6 Å². The van der Waals surface area contributed by atoms with E-state index >= 15 is 0 Å². The number of anilines is 1. The standard InChI is InChI=1S/C9H12N2O2S/c1-6(12)7-3-4-14-9(7)11-5-8(13)10-2/h3-4,11H,5H2,1-2H3,(H,10,13). The molecule has 0 saturated carbocycles. The Hall–Kier alpha value is -1.36. The summed E-state index contributed by atoms with van der Waals surface area (Å²) < 4.78 is 0. The molecule has 76 valence electrons. The maximum atomic E-state index is 11.1. The zero-order chi connectivity index (χ0) is 10.6. The molecule has 0 unspecified atom stereocenters. The maximum Gasteiger partial charge on any atom is 0.239 e. The van der Waals surface area contributed by atoms with Crippen LogP contribution in [0.25, 0.3) is 0 Å². The molecule has 0 aliphatic rings. The van der Waals surface area contributed by atoms with Crippen LogP contribution >= 0.6 is 11.3 Å². The van der Waals surface area contributed by atoms with Crippen molar-refractivity contribution in [1.82, 2.24) is 5.32 Å². The maximum absolute atomic E-state index is 11.1. The molecule has 0 saturated heterocycles. The topological polar surface area (TPSA) is 58.2 Å². The average Bonchev–Trinajstić information content (AvgIpc) is 2.62. The molecular weight excluding hydrogens is 200 g/mol. The van der Waals surface area contributed by atoms with E-state index in [9.17, 15) is 9.59 Å². The Labute approximate surface area is 86.3 Å². The third-order valence-corrected chi connectivity index (χ3v) is 2.60. The Balaban J connectivity index is 2.63. The van der Waals surface area contributed by atoms with Crippen LogP contribution in [-0.2, 0) is 4.79 Å². The first-order valence-corrected chi connectivity index (χ1v) is 5.06. The molecule has 14 heavy (non-hydrogen) atoms. The lowest BCUT2D eigenvalue weighted by Gasteiger charge is -2.03. The minimum atomic E-state index is -0.104. The molecule has 1 rings (SSSR count). The van der Waals surface area contributed by atoms with E-state index in [0.717, 1.165) is 5.00 Å². The van der Waals surface area contributed by atoms with Crippen LogP contribution in [0, 0.1) is 0 Å². The molecule has 0 aromatic carbocycles. The first kappa shape index (κ1) is 10.7. The van der Waals surface area contributed by atoms with Crippen LogP contribution in [-0.4, -0.2) is 25.3 Å². The van der Waals surface area contributed by atoms with Crippen molar-refractivity contribution in [2.45, 2.75) is 6.92 Å². The highest BCUT2D eigenvalue weighted by atomic mass is 32.1. The average molecular weight is 212 g/mol. The van der Waals surface area contributed by atoms with Crippen LogP contribution < -0.4 is 10.6 Å². The van der Waals surface area contributed by atoms with Gasteiger partial charge in [-0.1, -0.05) is 0 Å². The largest absolute Gasteiger partial charge is 0.367 e. The van der Waals surface area contributed by atoms with Crippen molar-refractivity contribution < 1.29 is 9.59 Å². The van der Waals surface area contributed by atoms with Gasteiger partial charge in [0.1, 0.15) is 0 Å². The van der Waals surface area contributed by atoms with Gasteiger partial charge in [-0.05, 0) is 18.4 Å². The lowest BCUT2D eigenvalue weighted by Crippen LogP contribution is -2.26. The van der Waals surface area contributed by atoms with Crippen molar-refractivity contribution in [3.05, 3.63) is 17.0 Å².